The number of carbonyl (C=O) groups excluding carboxylic acids is 1. The third-order valence-electron chi connectivity index (χ3n) is 2.23. The Bertz CT molecular complexity index is 170. The third kappa shape index (κ3) is 2.25. The van der Waals surface area contributed by atoms with Gasteiger partial charge in [-0.1, -0.05) is 13.8 Å². The van der Waals surface area contributed by atoms with Gasteiger partial charge in [0, 0.05) is 0 Å². The van der Waals surface area contributed by atoms with E-state index in [2.05, 4.69) is 0 Å². The quantitative estimate of drug-likeness (QED) is 0.389. The number of rotatable bonds is 5. The molecule has 4 N–H and O–H groups in total. The second-order valence-corrected chi connectivity index (χ2v) is 3.32. The van der Waals surface area contributed by atoms with E-state index in [4.69, 9.17) is 10.2 Å². The summed E-state index contributed by atoms with van der Waals surface area (Å²) < 4.78 is 0. The Kier molecular flexibility index (Phi) is 4.49. The third-order valence-corrected chi connectivity index (χ3v) is 2.23. The molecule has 0 aliphatic carbocycles. The van der Waals surface area contributed by atoms with Gasteiger partial charge in [-0.3, -0.25) is 0 Å². The highest BCUT2D eigenvalue weighted by molar-refractivity contribution is 5.58. The van der Waals surface area contributed by atoms with Gasteiger partial charge in [0.2, 0.25) is 0 Å². The predicted octanol–water partition coefficient (Wildman–Crippen LogP) is -1.71. The molecular formula is C8H16O5. The lowest BCUT2D eigenvalue weighted by atomic mass is 9.81. The van der Waals surface area contributed by atoms with E-state index < -0.39 is 30.3 Å². The molecule has 3 atom stereocenters. The Hall–Kier alpha value is -0.490. The van der Waals surface area contributed by atoms with Crippen molar-refractivity contribution >= 4 is 6.29 Å². The molecule has 0 aromatic carbocycles. The van der Waals surface area contributed by atoms with Crippen LogP contribution >= 0.6 is 0 Å². The van der Waals surface area contributed by atoms with Gasteiger partial charge in [-0.15, -0.1) is 0 Å². The molecule has 0 aliphatic heterocycles. The first-order valence-electron chi connectivity index (χ1n) is 4.05. The summed E-state index contributed by atoms with van der Waals surface area (Å²) in [6, 6.07) is 0. The van der Waals surface area contributed by atoms with Crippen molar-refractivity contribution in [3.8, 4) is 0 Å². The van der Waals surface area contributed by atoms with Crippen molar-refractivity contribution in [3.05, 3.63) is 0 Å². The molecule has 0 spiro atoms. The van der Waals surface area contributed by atoms with Gasteiger partial charge in [-0.2, -0.15) is 0 Å². The molecule has 0 saturated heterocycles. The number of carbonyl (C=O) groups is 1. The zero-order valence-corrected chi connectivity index (χ0v) is 7.71. The summed E-state index contributed by atoms with van der Waals surface area (Å²) in [6.07, 6.45) is -3.10. The molecule has 0 aliphatic rings. The van der Waals surface area contributed by atoms with Gasteiger partial charge in [0.1, 0.15) is 17.8 Å². The topological polar surface area (TPSA) is 98.0 Å². The van der Waals surface area contributed by atoms with Gasteiger partial charge in [0.05, 0.1) is 6.61 Å². The Morgan fingerprint density at radius 2 is 1.85 bits per heavy atom. The summed E-state index contributed by atoms with van der Waals surface area (Å²) in [6.45, 7) is 2.36. The van der Waals surface area contributed by atoms with E-state index in [0.717, 1.165) is 0 Å². The molecule has 0 aromatic heterocycles. The number of hydrogen-bond acceptors (Lipinski definition) is 5. The molecule has 0 radical (unpaired) electrons. The van der Waals surface area contributed by atoms with E-state index in [0.29, 0.717) is 0 Å². The summed E-state index contributed by atoms with van der Waals surface area (Å²) >= 11 is 0. The Balaban J connectivity index is 4.81. The SMILES string of the molecule is CC(C)C(O)(C(O)C=O)C(O)CO. The maximum atomic E-state index is 10.3. The predicted molar refractivity (Wildman–Crippen MR) is 45.0 cm³/mol. The maximum absolute atomic E-state index is 10.3. The van der Waals surface area contributed by atoms with Gasteiger partial charge in [-0.25, -0.2) is 0 Å². The highest BCUT2D eigenvalue weighted by Gasteiger charge is 2.45. The number of aliphatic hydroxyl groups excluding tert-OH is 3. The van der Waals surface area contributed by atoms with Crippen LogP contribution in [0.2, 0.25) is 0 Å². The number of aldehydes is 1. The lowest BCUT2D eigenvalue weighted by Gasteiger charge is -2.37. The molecule has 0 rings (SSSR count). The molecule has 0 heterocycles. The molecule has 0 aromatic rings. The van der Waals surface area contributed by atoms with Crippen LogP contribution < -0.4 is 0 Å². The summed E-state index contributed by atoms with van der Waals surface area (Å²) in [4.78, 5) is 10.3. The second-order valence-electron chi connectivity index (χ2n) is 3.32. The smallest absolute Gasteiger partial charge is 0.151 e. The first kappa shape index (κ1) is 12.5. The van der Waals surface area contributed by atoms with Crippen molar-refractivity contribution < 1.29 is 25.2 Å². The molecule has 5 nitrogen and oxygen atoms in total. The molecule has 5 heteroatoms. The minimum Gasteiger partial charge on any atom is -0.394 e. The van der Waals surface area contributed by atoms with Crippen LogP contribution in [0.3, 0.4) is 0 Å². The first-order valence-corrected chi connectivity index (χ1v) is 4.05. The van der Waals surface area contributed by atoms with E-state index in [1.165, 1.54) is 13.8 Å². The number of hydrogen-bond donors (Lipinski definition) is 4. The van der Waals surface area contributed by atoms with Crippen molar-refractivity contribution in [1.29, 1.82) is 0 Å². The normalized spacial score (nSPS) is 20.8. The Morgan fingerprint density at radius 3 is 2.08 bits per heavy atom. The summed E-state index contributed by atoms with van der Waals surface area (Å²) in [7, 11) is 0. The van der Waals surface area contributed by atoms with Gasteiger partial charge >= 0.3 is 0 Å². The molecule has 13 heavy (non-hydrogen) atoms. The lowest BCUT2D eigenvalue weighted by molar-refractivity contribution is -0.180. The average Bonchev–Trinajstić information content (AvgIpc) is 2.13. The Morgan fingerprint density at radius 1 is 1.38 bits per heavy atom. The average molecular weight is 192 g/mol. The minimum absolute atomic E-state index is 0.138. The molecule has 0 bridgehead atoms. The van der Waals surface area contributed by atoms with Crippen LogP contribution in [-0.4, -0.2) is 51.1 Å². The molecule has 3 unspecified atom stereocenters. The van der Waals surface area contributed by atoms with Crippen molar-refractivity contribution in [2.45, 2.75) is 31.7 Å². The van der Waals surface area contributed by atoms with Crippen molar-refractivity contribution in [2.24, 2.45) is 5.92 Å². The highest BCUT2D eigenvalue weighted by atomic mass is 16.4. The Labute approximate surface area is 76.6 Å². The van der Waals surface area contributed by atoms with Crippen LogP contribution in [-0.2, 0) is 4.79 Å². The largest absolute Gasteiger partial charge is 0.394 e. The van der Waals surface area contributed by atoms with E-state index in [1.54, 1.807) is 0 Å². The molecular weight excluding hydrogens is 176 g/mol. The van der Waals surface area contributed by atoms with Gasteiger partial charge in [0.15, 0.2) is 6.29 Å². The van der Waals surface area contributed by atoms with Crippen LogP contribution in [0, 0.1) is 5.92 Å². The zero-order valence-electron chi connectivity index (χ0n) is 7.71. The van der Waals surface area contributed by atoms with Crippen molar-refractivity contribution in [2.75, 3.05) is 6.61 Å². The minimum atomic E-state index is -1.99. The lowest BCUT2D eigenvalue weighted by Crippen LogP contribution is -2.58. The molecule has 0 amide bonds. The van der Waals surface area contributed by atoms with E-state index >= 15 is 0 Å². The van der Waals surface area contributed by atoms with Gasteiger partial charge in [0.25, 0.3) is 0 Å². The number of aliphatic hydroxyl groups is 4. The maximum Gasteiger partial charge on any atom is 0.151 e. The van der Waals surface area contributed by atoms with Crippen LogP contribution in [0.15, 0.2) is 0 Å². The van der Waals surface area contributed by atoms with Gasteiger partial charge in [-0.05, 0) is 5.92 Å². The monoisotopic (exact) mass is 192 g/mol. The molecule has 78 valence electrons. The summed E-state index contributed by atoms with van der Waals surface area (Å²) in [5, 5.41) is 36.8. The summed E-state index contributed by atoms with van der Waals surface area (Å²) in [5.74, 6) is -0.546. The van der Waals surface area contributed by atoms with Crippen LogP contribution in [0.4, 0.5) is 0 Å². The standard InChI is InChI=1S/C8H16O5/c1-5(2)8(13,6(11)3-9)7(12)4-10/h3,5-7,10-13H,4H2,1-2H3. The van der Waals surface area contributed by atoms with E-state index in [1.807, 2.05) is 0 Å². The van der Waals surface area contributed by atoms with Crippen LogP contribution in [0.25, 0.3) is 0 Å². The van der Waals surface area contributed by atoms with Crippen molar-refractivity contribution in [3.63, 3.8) is 0 Å². The van der Waals surface area contributed by atoms with Gasteiger partial charge < -0.3 is 25.2 Å². The highest BCUT2D eigenvalue weighted by Crippen LogP contribution is 2.24. The fourth-order valence-corrected chi connectivity index (χ4v) is 1.18. The second kappa shape index (κ2) is 4.66. The van der Waals surface area contributed by atoms with Crippen LogP contribution in [0.1, 0.15) is 13.8 Å². The first-order chi connectivity index (χ1) is 5.91. The fourth-order valence-electron chi connectivity index (χ4n) is 1.18. The zero-order chi connectivity index (χ0) is 10.6. The van der Waals surface area contributed by atoms with E-state index in [9.17, 15) is 15.0 Å². The van der Waals surface area contributed by atoms with Crippen molar-refractivity contribution in [1.82, 2.24) is 0 Å². The molecule has 0 fully saturated rings. The fraction of sp³-hybridized carbons (Fsp3) is 0.875. The summed E-state index contributed by atoms with van der Waals surface area (Å²) in [5.41, 5.74) is -1.99. The molecule has 0 saturated carbocycles. The van der Waals surface area contributed by atoms with Crippen LogP contribution in [0.5, 0.6) is 0 Å². The van der Waals surface area contributed by atoms with E-state index in [-0.39, 0.29) is 6.29 Å².